The lowest BCUT2D eigenvalue weighted by Crippen LogP contribution is -2.47. The Hall–Kier alpha value is -1.07. The van der Waals surface area contributed by atoms with E-state index >= 15 is 0 Å². The summed E-state index contributed by atoms with van der Waals surface area (Å²) in [5.41, 5.74) is 1.04. The van der Waals surface area contributed by atoms with Gasteiger partial charge >= 0.3 is 0 Å². The van der Waals surface area contributed by atoms with Crippen molar-refractivity contribution in [1.82, 2.24) is 14.8 Å². The first-order chi connectivity index (χ1) is 8.24. The van der Waals surface area contributed by atoms with Gasteiger partial charge in [0, 0.05) is 38.9 Å². The Kier molecular flexibility index (Phi) is 4.39. The number of halogens is 2. The van der Waals surface area contributed by atoms with E-state index in [1.807, 2.05) is 23.1 Å². The number of rotatable bonds is 4. The van der Waals surface area contributed by atoms with E-state index in [0.717, 1.165) is 38.4 Å². The van der Waals surface area contributed by atoms with Gasteiger partial charge in [0.1, 0.15) is 0 Å². The molecule has 1 fully saturated rings. The van der Waals surface area contributed by atoms with Crippen LogP contribution in [0.5, 0.6) is 0 Å². The quantitative estimate of drug-likeness (QED) is 0.795. The van der Waals surface area contributed by atoms with Crippen molar-refractivity contribution < 1.29 is 8.78 Å². The number of piperazine rings is 1. The highest BCUT2D eigenvalue weighted by Crippen LogP contribution is 2.08. The van der Waals surface area contributed by atoms with Crippen LogP contribution >= 0.6 is 0 Å². The second-order valence-corrected chi connectivity index (χ2v) is 4.29. The third-order valence-electron chi connectivity index (χ3n) is 2.97. The van der Waals surface area contributed by atoms with Crippen LogP contribution in [0.4, 0.5) is 8.78 Å². The first kappa shape index (κ1) is 12.4. The van der Waals surface area contributed by atoms with Crippen LogP contribution in [-0.2, 0) is 6.54 Å². The van der Waals surface area contributed by atoms with Crippen LogP contribution in [0.3, 0.4) is 0 Å². The number of alkyl halides is 2. The smallest absolute Gasteiger partial charge is 0.251 e. The van der Waals surface area contributed by atoms with E-state index in [9.17, 15) is 8.78 Å². The van der Waals surface area contributed by atoms with Crippen LogP contribution in [0, 0.1) is 0 Å². The minimum Gasteiger partial charge on any atom is -0.295 e. The molecule has 0 aromatic carbocycles. The second kappa shape index (κ2) is 6.02. The molecule has 0 aliphatic carbocycles. The Morgan fingerprint density at radius 3 is 2.41 bits per heavy atom. The van der Waals surface area contributed by atoms with Crippen LogP contribution in [-0.4, -0.2) is 53.9 Å². The minimum atomic E-state index is -2.22. The van der Waals surface area contributed by atoms with Gasteiger partial charge in [0.2, 0.25) is 0 Å². The van der Waals surface area contributed by atoms with E-state index < -0.39 is 6.43 Å². The van der Waals surface area contributed by atoms with Gasteiger partial charge in [-0.2, -0.15) is 0 Å². The van der Waals surface area contributed by atoms with Crippen molar-refractivity contribution >= 4 is 0 Å². The molecular weight excluding hydrogens is 224 g/mol. The summed E-state index contributed by atoms with van der Waals surface area (Å²) in [5, 5.41) is 0. The molecule has 17 heavy (non-hydrogen) atoms. The van der Waals surface area contributed by atoms with E-state index in [-0.39, 0.29) is 6.54 Å². The summed E-state index contributed by atoms with van der Waals surface area (Å²) in [7, 11) is 0. The summed E-state index contributed by atoms with van der Waals surface area (Å²) < 4.78 is 24.4. The fourth-order valence-corrected chi connectivity index (χ4v) is 2.05. The van der Waals surface area contributed by atoms with Crippen molar-refractivity contribution in [3.63, 3.8) is 0 Å². The third-order valence-corrected chi connectivity index (χ3v) is 2.97. The molecule has 1 saturated heterocycles. The van der Waals surface area contributed by atoms with E-state index in [0.29, 0.717) is 0 Å². The summed E-state index contributed by atoms with van der Waals surface area (Å²) in [6.07, 6.45) is -0.445. The molecule has 2 heterocycles. The first-order valence-electron chi connectivity index (χ1n) is 5.87. The molecule has 1 aromatic heterocycles. The van der Waals surface area contributed by atoms with Crippen LogP contribution in [0.25, 0.3) is 0 Å². The lowest BCUT2D eigenvalue weighted by Gasteiger charge is -2.34. The highest BCUT2D eigenvalue weighted by molar-refractivity contribution is 5.03. The fourth-order valence-electron chi connectivity index (χ4n) is 2.05. The van der Waals surface area contributed by atoms with Gasteiger partial charge in [0.25, 0.3) is 6.43 Å². The maximum atomic E-state index is 12.2. The Balaban J connectivity index is 1.76. The van der Waals surface area contributed by atoms with E-state index in [1.54, 1.807) is 6.20 Å². The van der Waals surface area contributed by atoms with Crippen molar-refractivity contribution in [2.75, 3.05) is 32.7 Å². The molecule has 3 nitrogen and oxygen atoms in total. The van der Waals surface area contributed by atoms with Crippen molar-refractivity contribution in [2.24, 2.45) is 0 Å². The molecule has 0 bridgehead atoms. The molecule has 0 N–H and O–H groups in total. The Bertz CT molecular complexity index is 324. The van der Waals surface area contributed by atoms with Gasteiger partial charge in [-0.3, -0.25) is 14.8 Å². The highest BCUT2D eigenvalue weighted by atomic mass is 19.3. The third kappa shape index (κ3) is 4.02. The molecule has 2 rings (SSSR count). The Labute approximate surface area is 100 Å². The molecule has 1 aliphatic rings. The molecule has 0 unspecified atom stereocenters. The minimum absolute atomic E-state index is 0.0998. The lowest BCUT2D eigenvalue weighted by molar-refractivity contribution is 0.0540. The normalized spacial score (nSPS) is 18.8. The SMILES string of the molecule is FC(F)CN1CCN(Cc2ccccn2)CC1. The predicted molar refractivity (Wildman–Crippen MR) is 62.0 cm³/mol. The maximum absolute atomic E-state index is 12.2. The van der Waals surface area contributed by atoms with Gasteiger partial charge in [0.15, 0.2) is 0 Å². The molecule has 0 saturated carbocycles. The number of nitrogens with zero attached hydrogens (tertiary/aromatic N) is 3. The average Bonchev–Trinajstić information content (AvgIpc) is 2.32. The molecule has 0 amide bonds. The number of aromatic nitrogens is 1. The molecule has 5 heteroatoms. The van der Waals surface area contributed by atoms with Gasteiger partial charge in [-0.05, 0) is 12.1 Å². The van der Waals surface area contributed by atoms with E-state index in [4.69, 9.17) is 0 Å². The molecule has 0 spiro atoms. The van der Waals surface area contributed by atoms with Crippen LogP contribution < -0.4 is 0 Å². The summed E-state index contributed by atoms with van der Waals surface area (Å²) in [4.78, 5) is 8.34. The molecule has 0 radical (unpaired) electrons. The number of pyridine rings is 1. The van der Waals surface area contributed by atoms with Crippen molar-refractivity contribution in [1.29, 1.82) is 0 Å². The average molecular weight is 241 g/mol. The summed E-state index contributed by atoms with van der Waals surface area (Å²) >= 11 is 0. The highest BCUT2D eigenvalue weighted by Gasteiger charge is 2.19. The Morgan fingerprint density at radius 2 is 1.82 bits per heavy atom. The van der Waals surface area contributed by atoms with Crippen LogP contribution in [0.15, 0.2) is 24.4 Å². The van der Waals surface area contributed by atoms with E-state index in [2.05, 4.69) is 9.88 Å². The van der Waals surface area contributed by atoms with Crippen molar-refractivity contribution in [2.45, 2.75) is 13.0 Å². The lowest BCUT2D eigenvalue weighted by atomic mass is 10.2. The van der Waals surface area contributed by atoms with Crippen LogP contribution in [0.2, 0.25) is 0 Å². The van der Waals surface area contributed by atoms with Gasteiger partial charge in [-0.15, -0.1) is 0 Å². The molecule has 94 valence electrons. The summed E-state index contributed by atoms with van der Waals surface area (Å²) in [6, 6.07) is 5.85. The van der Waals surface area contributed by atoms with Crippen molar-refractivity contribution in [3.8, 4) is 0 Å². The number of hydrogen-bond donors (Lipinski definition) is 0. The van der Waals surface area contributed by atoms with E-state index in [1.165, 1.54) is 0 Å². The monoisotopic (exact) mass is 241 g/mol. The largest absolute Gasteiger partial charge is 0.295 e. The molecule has 0 atom stereocenters. The predicted octanol–water partition coefficient (Wildman–Crippen LogP) is 1.46. The van der Waals surface area contributed by atoms with Crippen LogP contribution in [0.1, 0.15) is 5.69 Å². The van der Waals surface area contributed by atoms with Gasteiger partial charge in [-0.1, -0.05) is 6.07 Å². The summed E-state index contributed by atoms with van der Waals surface area (Å²) in [5.74, 6) is 0. The van der Waals surface area contributed by atoms with Crippen molar-refractivity contribution in [3.05, 3.63) is 30.1 Å². The van der Waals surface area contributed by atoms with Gasteiger partial charge < -0.3 is 0 Å². The zero-order chi connectivity index (χ0) is 12.1. The van der Waals surface area contributed by atoms with Gasteiger partial charge in [-0.25, -0.2) is 8.78 Å². The summed E-state index contributed by atoms with van der Waals surface area (Å²) in [6.45, 7) is 3.82. The zero-order valence-corrected chi connectivity index (χ0v) is 9.73. The molecule has 1 aromatic rings. The molecular formula is C12H17F2N3. The Morgan fingerprint density at radius 1 is 1.12 bits per heavy atom. The number of hydrogen-bond acceptors (Lipinski definition) is 3. The zero-order valence-electron chi connectivity index (χ0n) is 9.73. The fraction of sp³-hybridized carbons (Fsp3) is 0.583. The standard InChI is InChI=1S/C12H17F2N3/c13-12(14)10-17-7-5-16(6-8-17)9-11-3-1-2-4-15-11/h1-4,12H,5-10H2. The molecule has 1 aliphatic heterocycles. The van der Waals surface area contributed by atoms with Gasteiger partial charge in [0.05, 0.1) is 12.2 Å². The topological polar surface area (TPSA) is 19.4 Å². The second-order valence-electron chi connectivity index (χ2n) is 4.29. The maximum Gasteiger partial charge on any atom is 0.251 e. The first-order valence-corrected chi connectivity index (χ1v) is 5.87.